The van der Waals surface area contributed by atoms with E-state index in [0.717, 1.165) is 30.8 Å². The van der Waals surface area contributed by atoms with Crippen LogP contribution in [0.3, 0.4) is 0 Å². The average Bonchev–Trinajstić information content (AvgIpc) is 2.63. The number of nitrogens with zero attached hydrogens (tertiary/aromatic N) is 3. The number of amides is 1. The van der Waals surface area contributed by atoms with Gasteiger partial charge in [-0.05, 0) is 23.3 Å². The molecule has 1 fully saturated rings. The fraction of sp³-hybridized carbons (Fsp3) is 0.333. The number of pyridine rings is 1. The first-order valence-corrected chi connectivity index (χ1v) is 8.08. The summed E-state index contributed by atoms with van der Waals surface area (Å²) in [5.41, 5.74) is 8.24. The Hall–Kier alpha value is -2.44. The summed E-state index contributed by atoms with van der Waals surface area (Å²) in [5.74, 6) is 0.414. The average molecular weight is 326 g/mol. The van der Waals surface area contributed by atoms with Crippen LogP contribution in [0, 0.1) is 0 Å². The highest BCUT2D eigenvalue weighted by Gasteiger charge is 2.22. The lowest BCUT2D eigenvalue weighted by atomic mass is 10.1. The summed E-state index contributed by atoms with van der Waals surface area (Å²) in [7, 11) is 0. The van der Waals surface area contributed by atoms with Crippen LogP contribution in [0.1, 0.15) is 21.5 Å². The molecule has 0 saturated carbocycles. The smallest absolute Gasteiger partial charge is 0.255 e. The molecule has 0 atom stereocenters. The largest absolute Gasteiger partial charge is 0.392 e. The van der Waals surface area contributed by atoms with Gasteiger partial charge < -0.3 is 15.7 Å². The number of benzene rings is 1. The van der Waals surface area contributed by atoms with Gasteiger partial charge in [0.1, 0.15) is 5.82 Å². The van der Waals surface area contributed by atoms with E-state index in [1.807, 2.05) is 29.2 Å². The van der Waals surface area contributed by atoms with Crippen LogP contribution in [0.25, 0.3) is 0 Å². The van der Waals surface area contributed by atoms with E-state index < -0.39 is 0 Å². The highest BCUT2D eigenvalue weighted by Crippen LogP contribution is 2.15. The number of rotatable bonds is 4. The first kappa shape index (κ1) is 16.4. The van der Waals surface area contributed by atoms with Crippen molar-refractivity contribution in [1.29, 1.82) is 0 Å². The Labute approximate surface area is 141 Å². The molecule has 1 aromatic carbocycles. The van der Waals surface area contributed by atoms with Crippen molar-refractivity contribution >= 4 is 11.7 Å². The van der Waals surface area contributed by atoms with Crippen LogP contribution in [0.5, 0.6) is 0 Å². The topological polar surface area (TPSA) is 82.7 Å². The Balaban J connectivity index is 1.57. The molecular formula is C18H22N4O2. The number of nitrogen functional groups attached to an aromatic ring is 1. The number of hydrogen-bond donors (Lipinski definition) is 2. The number of anilines is 1. The number of carbonyl (C=O) groups is 1. The van der Waals surface area contributed by atoms with Gasteiger partial charge in [0.25, 0.3) is 5.91 Å². The maximum atomic E-state index is 12.5. The van der Waals surface area contributed by atoms with E-state index in [1.54, 1.807) is 12.1 Å². The van der Waals surface area contributed by atoms with E-state index in [0.29, 0.717) is 24.5 Å². The predicted octanol–water partition coefficient (Wildman–Crippen LogP) is 1.11. The molecule has 0 unspecified atom stereocenters. The van der Waals surface area contributed by atoms with Gasteiger partial charge in [-0.25, -0.2) is 4.98 Å². The lowest BCUT2D eigenvalue weighted by molar-refractivity contribution is 0.0627. The van der Waals surface area contributed by atoms with Crippen molar-refractivity contribution in [2.75, 3.05) is 31.9 Å². The molecule has 1 amide bonds. The fourth-order valence-electron chi connectivity index (χ4n) is 2.93. The number of aliphatic hydroxyl groups excluding tert-OH is 1. The van der Waals surface area contributed by atoms with Crippen LogP contribution in [-0.4, -0.2) is 52.0 Å². The Bertz CT molecular complexity index is 694. The maximum absolute atomic E-state index is 12.5. The van der Waals surface area contributed by atoms with Gasteiger partial charge in [-0.1, -0.05) is 24.3 Å². The van der Waals surface area contributed by atoms with Crippen LogP contribution in [0.15, 0.2) is 42.6 Å². The van der Waals surface area contributed by atoms with Crippen molar-refractivity contribution in [2.45, 2.75) is 13.2 Å². The zero-order valence-electron chi connectivity index (χ0n) is 13.6. The molecule has 0 bridgehead atoms. The SMILES string of the molecule is Nc1ccc(C(=O)N2CCN(Cc3ccccc3CO)CC2)cn1. The van der Waals surface area contributed by atoms with Gasteiger partial charge in [0.05, 0.1) is 12.2 Å². The summed E-state index contributed by atoms with van der Waals surface area (Å²) in [6, 6.07) is 11.3. The third-order valence-electron chi connectivity index (χ3n) is 4.38. The highest BCUT2D eigenvalue weighted by molar-refractivity contribution is 5.94. The van der Waals surface area contributed by atoms with Gasteiger partial charge in [-0.15, -0.1) is 0 Å². The van der Waals surface area contributed by atoms with E-state index in [9.17, 15) is 9.90 Å². The third-order valence-corrected chi connectivity index (χ3v) is 4.38. The van der Waals surface area contributed by atoms with Gasteiger partial charge >= 0.3 is 0 Å². The molecule has 1 saturated heterocycles. The Morgan fingerprint density at radius 1 is 1.08 bits per heavy atom. The minimum Gasteiger partial charge on any atom is -0.392 e. The second kappa shape index (κ2) is 7.42. The second-order valence-corrected chi connectivity index (χ2v) is 5.97. The summed E-state index contributed by atoms with van der Waals surface area (Å²) in [6.07, 6.45) is 1.53. The van der Waals surface area contributed by atoms with Crippen molar-refractivity contribution in [3.8, 4) is 0 Å². The first-order chi connectivity index (χ1) is 11.7. The minimum atomic E-state index is -0.00194. The zero-order chi connectivity index (χ0) is 16.9. The third kappa shape index (κ3) is 3.72. The molecule has 3 N–H and O–H groups in total. The van der Waals surface area contributed by atoms with Crippen molar-refractivity contribution < 1.29 is 9.90 Å². The van der Waals surface area contributed by atoms with E-state index in [4.69, 9.17) is 5.73 Å². The molecule has 126 valence electrons. The Morgan fingerprint density at radius 2 is 1.79 bits per heavy atom. The summed E-state index contributed by atoms with van der Waals surface area (Å²) in [4.78, 5) is 20.6. The number of carbonyl (C=O) groups excluding carboxylic acids is 1. The van der Waals surface area contributed by atoms with E-state index in [1.165, 1.54) is 6.20 Å². The quantitative estimate of drug-likeness (QED) is 0.879. The van der Waals surface area contributed by atoms with Gasteiger partial charge in [0, 0.05) is 38.9 Å². The number of hydrogen-bond acceptors (Lipinski definition) is 5. The van der Waals surface area contributed by atoms with Gasteiger partial charge in [0.15, 0.2) is 0 Å². The van der Waals surface area contributed by atoms with Crippen molar-refractivity contribution in [2.24, 2.45) is 0 Å². The number of aliphatic hydroxyl groups is 1. The van der Waals surface area contributed by atoms with Crippen LogP contribution < -0.4 is 5.73 Å². The number of aromatic nitrogens is 1. The molecule has 3 rings (SSSR count). The Morgan fingerprint density at radius 3 is 2.42 bits per heavy atom. The molecule has 6 nitrogen and oxygen atoms in total. The summed E-state index contributed by atoms with van der Waals surface area (Å²) >= 11 is 0. The molecule has 2 heterocycles. The molecule has 0 spiro atoms. The van der Waals surface area contributed by atoms with Crippen LogP contribution in [0.2, 0.25) is 0 Å². The van der Waals surface area contributed by atoms with Crippen molar-refractivity contribution in [3.05, 3.63) is 59.3 Å². The molecule has 2 aromatic rings. The molecule has 1 aliphatic heterocycles. The molecule has 1 aromatic heterocycles. The summed E-state index contributed by atoms with van der Waals surface area (Å²) < 4.78 is 0. The molecule has 1 aliphatic rings. The van der Waals surface area contributed by atoms with E-state index in [-0.39, 0.29) is 12.5 Å². The van der Waals surface area contributed by atoms with Crippen LogP contribution >= 0.6 is 0 Å². The van der Waals surface area contributed by atoms with E-state index in [2.05, 4.69) is 9.88 Å². The minimum absolute atomic E-state index is 0.00194. The molecular weight excluding hydrogens is 304 g/mol. The normalized spacial score (nSPS) is 15.5. The van der Waals surface area contributed by atoms with Crippen molar-refractivity contribution in [3.63, 3.8) is 0 Å². The highest BCUT2D eigenvalue weighted by atomic mass is 16.3. The molecule has 0 radical (unpaired) electrons. The van der Waals surface area contributed by atoms with Gasteiger partial charge in [0.2, 0.25) is 0 Å². The molecule has 24 heavy (non-hydrogen) atoms. The Kier molecular flexibility index (Phi) is 5.08. The molecule has 6 heteroatoms. The van der Waals surface area contributed by atoms with Gasteiger partial charge in [-0.2, -0.15) is 0 Å². The second-order valence-electron chi connectivity index (χ2n) is 5.97. The maximum Gasteiger partial charge on any atom is 0.255 e. The molecule has 0 aliphatic carbocycles. The predicted molar refractivity (Wildman–Crippen MR) is 92.2 cm³/mol. The first-order valence-electron chi connectivity index (χ1n) is 8.08. The van der Waals surface area contributed by atoms with Crippen LogP contribution in [0.4, 0.5) is 5.82 Å². The van der Waals surface area contributed by atoms with E-state index >= 15 is 0 Å². The monoisotopic (exact) mass is 326 g/mol. The van der Waals surface area contributed by atoms with Crippen molar-refractivity contribution in [1.82, 2.24) is 14.8 Å². The van der Waals surface area contributed by atoms with Crippen LogP contribution in [-0.2, 0) is 13.2 Å². The summed E-state index contributed by atoms with van der Waals surface area (Å²) in [6.45, 7) is 3.85. The summed E-state index contributed by atoms with van der Waals surface area (Å²) in [5, 5.41) is 9.42. The fourth-order valence-corrected chi connectivity index (χ4v) is 2.93. The zero-order valence-corrected chi connectivity index (χ0v) is 13.6. The van der Waals surface area contributed by atoms with Gasteiger partial charge in [-0.3, -0.25) is 9.69 Å². The number of nitrogens with two attached hydrogens (primary N) is 1. The number of piperazine rings is 1. The standard InChI is InChI=1S/C18H22N4O2/c19-17-6-5-14(11-20-17)18(24)22-9-7-21(8-10-22)12-15-3-1-2-4-16(15)13-23/h1-6,11,23H,7-10,12-13H2,(H2,19,20). The lowest BCUT2D eigenvalue weighted by Crippen LogP contribution is -2.48. The lowest BCUT2D eigenvalue weighted by Gasteiger charge is -2.35.